The maximum Gasteiger partial charge on any atom is 0.162 e. The molecule has 106 valence electrons. The van der Waals surface area contributed by atoms with E-state index in [1.807, 2.05) is 12.1 Å². The molecule has 0 aliphatic carbocycles. The van der Waals surface area contributed by atoms with E-state index in [-0.39, 0.29) is 5.75 Å². The van der Waals surface area contributed by atoms with Crippen LogP contribution in [0, 0.1) is 20.8 Å². The molecule has 0 saturated carbocycles. The van der Waals surface area contributed by atoms with Crippen LogP contribution in [0.5, 0.6) is 11.5 Å². The lowest BCUT2D eigenvalue weighted by Gasteiger charge is -2.15. The Morgan fingerprint density at radius 3 is 2.35 bits per heavy atom. The number of methoxy groups -OCH3 is 1. The van der Waals surface area contributed by atoms with Crippen molar-refractivity contribution in [2.75, 3.05) is 12.4 Å². The van der Waals surface area contributed by atoms with Gasteiger partial charge in [-0.2, -0.15) is 0 Å². The molecule has 3 heteroatoms. The highest BCUT2D eigenvalue weighted by Crippen LogP contribution is 2.30. The van der Waals surface area contributed by atoms with Crippen molar-refractivity contribution in [1.29, 1.82) is 0 Å². The molecule has 0 bridgehead atoms. The topological polar surface area (TPSA) is 41.5 Å². The minimum atomic E-state index is 0.199. The first-order valence-electron chi connectivity index (χ1n) is 6.69. The number of ether oxygens (including phenoxy) is 1. The third kappa shape index (κ3) is 2.87. The number of para-hydroxylation sites is 1. The SMILES string of the molecule is COc1cccc(CNc2c(C)cc(C)cc2C)c1O. The lowest BCUT2D eigenvalue weighted by atomic mass is 10.0. The number of phenols is 1. The van der Waals surface area contributed by atoms with Crippen LogP contribution in [0.3, 0.4) is 0 Å². The molecule has 2 rings (SSSR count). The van der Waals surface area contributed by atoms with Gasteiger partial charge in [0, 0.05) is 17.8 Å². The van der Waals surface area contributed by atoms with Gasteiger partial charge >= 0.3 is 0 Å². The van der Waals surface area contributed by atoms with Crippen molar-refractivity contribution in [1.82, 2.24) is 0 Å². The molecule has 0 spiro atoms. The fraction of sp³-hybridized carbons (Fsp3) is 0.294. The first-order valence-corrected chi connectivity index (χ1v) is 6.69. The molecule has 0 aliphatic rings. The van der Waals surface area contributed by atoms with E-state index in [1.165, 1.54) is 16.7 Å². The van der Waals surface area contributed by atoms with Crippen molar-refractivity contribution >= 4 is 5.69 Å². The van der Waals surface area contributed by atoms with E-state index >= 15 is 0 Å². The lowest BCUT2D eigenvalue weighted by Crippen LogP contribution is -2.04. The summed E-state index contributed by atoms with van der Waals surface area (Å²) >= 11 is 0. The second-order valence-corrected chi connectivity index (χ2v) is 5.10. The van der Waals surface area contributed by atoms with Crippen molar-refractivity contribution in [2.45, 2.75) is 27.3 Å². The number of hydrogen-bond acceptors (Lipinski definition) is 3. The Balaban J connectivity index is 2.21. The van der Waals surface area contributed by atoms with Crippen molar-refractivity contribution in [3.63, 3.8) is 0 Å². The minimum Gasteiger partial charge on any atom is -0.504 e. The van der Waals surface area contributed by atoms with Crippen LogP contribution in [-0.2, 0) is 6.54 Å². The number of rotatable bonds is 4. The zero-order valence-electron chi connectivity index (χ0n) is 12.4. The van der Waals surface area contributed by atoms with E-state index in [0.29, 0.717) is 12.3 Å². The summed E-state index contributed by atoms with van der Waals surface area (Å²) in [5, 5.41) is 13.5. The highest BCUT2D eigenvalue weighted by Gasteiger charge is 2.08. The predicted molar refractivity (Wildman–Crippen MR) is 82.6 cm³/mol. The second kappa shape index (κ2) is 5.87. The van der Waals surface area contributed by atoms with Crippen LogP contribution >= 0.6 is 0 Å². The molecule has 0 unspecified atom stereocenters. The van der Waals surface area contributed by atoms with Crippen LogP contribution in [0.1, 0.15) is 22.3 Å². The standard InChI is InChI=1S/C17H21NO2/c1-11-8-12(2)16(13(3)9-11)18-10-14-6-5-7-15(20-4)17(14)19/h5-9,18-19H,10H2,1-4H3. The zero-order chi connectivity index (χ0) is 14.7. The molecule has 0 heterocycles. The molecule has 2 aromatic carbocycles. The van der Waals surface area contributed by atoms with Gasteiger partial charge in [0.25, 0.3) is 0 Å². The number of aryl methyl sites for hydroxylation is 3. The fourth-order valence-electron chi connectivity index (χ4n) is 2.52. The van der Waals surface area contributed by atoms with Gasteiger partial charge in [0.2, 0.25) is 0 Å². The molecule has 2 N–H and O–H groups in total. The third-order valence-corrected chi connectivity index (χ3v) is 3.44. The van der Waals surface area contributed by atoms with E-state index in [0.717, 1.165) is 11.3 Å². The number of hydrogen-bond donors (Lipinski definition) is 2. The molecule has 0 aromatic heterocycles. The van der Waals surface area contributed by atoms with Gasteiger partial charge in [0.15, 0.2) is 11.5 Å². The minimum absolute atomic E-state index is 0.199. The van der Waals surface area contributed by atoms with Crippen LogP contribution in [0.25, 0.3) is 0 Å². The van der Waals surface area contributed by atoms with E-state index < -0.39 is 0 Å². The maximum absolute atomic E-state index is 10.1. The zero-order valence-corrected chi connectivity index (χ0v) is 12.4. The van der Waals surface area contributed by atoms with Crippen molar-refractivity contribution in [2.24, 2.45) is 0 Å². The first-order chi connectivity index (χ1) is 9.52. The van der Waals surface area contributed by atoms with E-state index in [4.69, 9.17) is 4.74 Å². The van der Waals surface area contributed by atoms with E-state index in [9.17, 15) is 5.11 Å². The summed E-state index contributed by atoms with van der Waals surface area (Å²) in [6, 6.07) is 9.83. The van der Waals surface area contributed by atoms with Crippen molar-refractivity contribution in [3.8, 4) is 11.5 Å². The highest BCUT2D eigenvalue weighted by atomic mass is 16.5. The van der Waals surface area contributed by atoms with Gasteiger partial charge in [-0.15, -0.1) is 0 Å². The summed E-state index contributed by atoms with van der Waals surface area (Å²) in [7, 11) is 1.56. The van der Waals surface area contributed by atoms with Gasteiger partial charge in [0.1, 0.15) is 0 Å². The fourth-order valence-corrected chi connectivity index (χ4v) is 2.52. The summed E-state index contributed by atoms with van der Waals surface area (Å²) < 4.78 is 5.12. The molecule has 0 radical (unpaired) electrons. The highest BCUT2D eigenvalue weighted by molar-refractivity contribution is 5.59. The Morgan fingerprint density at radius 2 is 1.75 bits per heavy atom. The molecular formula is C17H21NO2. The number of aromatic hydroxyl groups is 1. The van der Waals surface area contributed by atoms with Gasteiger partial charge in [-0.1, -0.05) is 29.8 Å². The third-order valence-electron chi connectivity index (χ3n) is 3.44. The van der Waals surface area contributed by atoms with Crippen LogP contribution < -0.4 is 10.1 Å². The average Bonchev–Trinajstić information content (AvgIpc) is 2.39. The molecule has 0 amide bonds. The molecule has 0 fully saturated rings. The monoisotopic (exact) mass is 271 g/mol. The molecule has 2 aromatic rings. The van der Waals surface area contributed by atoms with Gasteiger partial charge in [-0.25, -0.2) is 0 Å². The molecule has 3 nitrogen and oxygen atoms in total. The Hall–Kier alpha value is -2.16. The smallest absolute Gasteiger partial charge is 0.162 e. The van der Waals surface area contributed by atoms with E-state index in [1.54, 1.807) is 13.2 Å². The van der Waals surface area contributed by atoms with Crippen LogP contribution in [0.2, 0.25) is 0 Å². The maximum atomic E-state index is 10.1. The van der Waals surface area contributed by atoms with E-state index in [2.05, 4.69) is 38.2 Å². The summed E-state index contributed by atoms with van der Waals surface area (Å²) in [4.78, 5) is 0. The average molecular weight is 271 g/mol. The number of nitrogens with one attached hydrogen (secondary N) is 1. The Bertz CT molecular complexity index is 597. The molecule has 0 saturated heterocycles. The normalized spacial score (nSPS) is 10.4. The lowest BCUT2D eigenvalue weighted by molar-refractivity contribution is 0.371. The van der Waals surface area contributed by atoms with Crippen LogP contribution in [-0.4, -0.2) is 12.2 Å². The first kappa shape index (κ1) is 14.3. The Labute approximate surface area is 120 Å². The molecule has 20 heavy (non-hydrogen) atoms. The summed E-state index contributed by atoms with van der Waals surface area (Å²) in [6.45, 7) is 6.84. The van der Waals surface area contributed by atoms with Gasteiger partial charge in [-0.3, -0.25) is 0 Å². The molecule has 0 aliphatic heterocycles. The second-order valence-electron chi connectivity index (χ2n) is 5.10. The molecular weight excluding hydrogens is 250 g/mol. The number of benzene rings is 2. The summed E-state index contributed by atoms with van der Waals surface area (Å²) in [5.41, 5.74) is 5.63. The van der Waals surface area contributed by atoms with Gasteiger partial charge in [-0.05, 0) is 38.0 Å². The van der Waals surface area contributed by atoms with Crippen molar-refractivity contribution in [3.05, 3.63) is 52.6 Å². The van der Waals surface area contributed by atoms with Gasteiger partial charge < -0.3 is 15.2 Å². The summed E-state index contributed by atoms with van der Waals surface area (Å²) in [6.07, 6.45) is 0. The largest absolute Gasteiger partial charge is 0.504 e. The molecule has 0 atom stereocenters. The number of anilines is 1. The number of phenolic OH excluding ortho intramolecular Hbond substituents is 1. The van der Waals surface area contributed by atoms with Gasteiger partial charge in [0.05, 0.1) is 7.11 Å². The quantitative estimate of drug-likeness (QED) is 0.885. The Kier molecular flexibility index (Phi) is 4.18. The summed E-state index contributed by atoms with van der Waals surface area (Å²) in [5.74, 6) is 0.701. The predicted octanol–water partition coefficient (Wildman–Crippen LogP) is 3.94. The Morgan fingerprint density at radius 1 is 1.10 bits per heavy atom. The van der Waals surface area contributed by atoms with Crippen LogP contribution in [0.4, 0.5) is 5.69 Å². The van der Waals surface area contributed by atoms with Crippen molar-refractivity contribution < 1.29 is 9.84 Å². The van der Waals surface area contributed by atoms with Crippen LogP contribution in [0.15, 0.2) is 30.3 Å².